The highest BCUT2D eigenvalue weighted by atomic mass is 35.5. The third-order valence-corrected chi connectivity index (χ3v) is 3.83. The van der Waals surface area contributed by atoms with Crippen LogP contribution in [0.1, 0.15) is 18.0 Å². The van der Waals surface area contributed by atoms with E-state index >= 15 is 0 Å². The molecule has 1 unspecified atom stereocenters. The Kier molecular flexibility index (Phi) is 3.72. The molecule has 0 bridgehead atoms. The second-order valence-electron chi connectivity index (χ2n) is 4.63. The molecule has 3 rings (SSSR count). The summed E-state index contributed by atoms with van der Waals surface area (Å²) in [6.45, 7) is 0.636. The van der Waals surface area contributed by atoms with E-state index < -0.39 is 5.82 Å². The van der Waals surface area contributed by atoms with Crippen molar-refractivity contribution in [1.82, 2.24) is 0 Å². The van der Waals surface area contributed by atoms with E-state index in [-0.39, 0.29) is 16.1 Å². The summed E-state index contributed by atoms with van der Waals surface area (Å²) in [5.74, 6) is 0.279. The number of halogens is 3. The molecule has 2 nitrogen and oxygen atoms in total. The van der Waals surface area contributed by atoms with E-state index in [1.54, 1.807) is 12.1 Å². The Morgan fingerprint density at radius 1 is 1.15 bits per heavy atom. The van der Waals surface area contributed by atoms with Gasteiger partial charge in [-0.3, -0.25) is 0 Å². The highest BCUT2D eigenvalue weighted by Gasteiger charge is 2.21. The number of hydrogen-bond acceptors (Lipinski definition) is 2. The molecule has 0 amide bonds. The molecule has 0 saturated carbocycles. The minimum Gasteiger partial charge on any atom is -0.493 e. The third-order valence-electron chi connectivity index (χ3n) is 3.28. The van der Waals surface area contributed by atoms with Gasteiger partial charge in [-0.05, 0) is 18.2 Å². The largest absolute Gasteiger partial charge is 0.493 e. The minimum atomic E-state index is -0.591. The molecule has 0 saturated heterocycles. The zero-order valence-electron chi connectivity index (χ0n) is 10.5. The molecule has 0 aliphatic carbocycles. The molecule has 5 heteroatoms. The first-order valence-corrected chi connectivity index (χ1v) is 7.03. The quantitative estimate of drug-likeness (QED) is 0.782. The van der Waals surface area contributed by atoms with Crippen LogP contribution in [0.15, 0.2) is 36.4 Å². The fourth-order valence-electron chi connectivity index (χ4n) is 2.33. The van der Waals surface area contributed by atoms with Crippen molar-refractivity contribution in [2.24, 2.45) is 0 Å². The molecule has 1 atom stereocenters. The minimum absolute atomic E-state index is 0.0142. The van der Waals surface area contributed by atoms with Crippen molar-refractivity contribution in [1.29, 1.82) is 0 Å². The maximum atomic E-state index is 13.4. The molecule has 104 valence electrons. The van der Waals surface area contributed by atoms with Crippen molar-refractivity contribution in [2.45, 2.75) is 12.5 Å². The average Bonchev–Trinajstić information content (AvgIpc) is 2.45. The first-order chi connectivity index (χ1) is 9.65. The molecule has 1 aliphatic heterocycles. The number of hydrogen-bond donors (Lipinski definition) is 1. The summed E-state index contributed by atoms with van der Waals surface area (Å²) < 4.78 is 19.0. The average molecular weight is 312 g/mol. The fourth-order valence-corrected chi connectivity index (χ4v) is 2.82. The summed E-state index contributed by atoms with van der Waals surface area (Å²) in [5.41, 5.74) is 1.78. The highest BCUT2D eigenvalue weighted by molar-refractivity contribution is 6.35. The lowest BCUT2D eigenvalue weighted by Gasteiger charge is -2.27. The van der Waals surface area contributed by atoms with Crippen molar-refractivity contribution in [3.8, 4) is 5.75 Å². The molecule has 2 aromatic rings. The number of para-hydroxylation sites is 1. The Morgan fingerprint density at radius 3 is 2.60 bits per heavy atom. The van der Waals surface area contributed by atoms with E-state index in [0.717, 1.165) is 17.7 Å². The second-order valence-corrected chi connectivity index (χ2v) is 5.44. The summed E-state index contributed by atoms with van der Waals surface area (Å²) in [6.07, 6.45) is 0.823. The maximum Gasteiger partial charge on any atom is 0.160 e. The summed E-state index contributed by atoms with van der Waals surface area (Å²) in [4.78, 5) is 0. The van der Waals surface area contributed by atoms with Crippen LogP contribution in [0.2, 0.25) is 10.0 Å². The van der Waals surface area contributed by atoms with Gasteiger partial charge in [-0.2, -0.15) is 0 Å². The second kappa shape index (κ2) is 5.51. The lowest BCUT2D eigenvalue weighted by atomic mass is 10.0. The normalized spacial score (nSPS) is 17.2. The van der Waals surface area contributed by atoms with Crippen molar-refractivity contribution in [3.63, 3.8) is 0 Å². The van der Waals surface area contributed by atoms with Gasteiger partial charge in [0.25, 0.3) is 0 Å². The van der Waals surface area contributed by atoms with E-state index in [1.165, 1.54) is 0 Å². The maximum absolute atomic E-state index is 13.4. The Bertz CT molecular complexity index is 625. The molecule has 0 radical (unpaired) electrons. The van der Waals surface area contributed by atoms with Crippen LogP contribution in [-0.2, 0) is 0 Å². The van der Waals surface area contributed by atoms with Gasteiger partial charge in [-0.15, -0.1) is 0 Å². The van der Waals surface area contributed by atoms with Crippen LogP contribution in [0, 0.1) is 5.82 Å². The van der Waals surface area contributed by atoms with Gasteiger partial charge in [0, 0.05) is 17.7 Å². The van der Waals surface area contributed by atoms with Crippen LogP contribution < -0.4 is 10.1 Å². The van der Waals surface area contributed by atoms with Gasteiger partial charge >= 0.3 is 0 Å². The first kappa shape index (κ1) is 13.5. The Morgan fingerprint density at radius 2 is 1.85 bits per heavy atom. The predicted molar refractivity (Wildman–Crippen MR) is 79.3 cm³/mol. The molecule has 1 heterocycles. The molecule has 20 heavy (non-hydrogen) atoms. The lowest BCUT2D eigenvalue weighted by molar-refractivity contribution is 0.274. The van der Waals surface area contributed by atoms with Crippen molar-refractivity contribution in [2.75, 3.05) is 11.9 Å². The Hall–Kier alpha value is -1.45. The van der Waals surface area contributed by atoms with Crippen molar-refractivity contribution >= 4 is 28.9 Å². The third kappa shape index (κ3) is 2.56. The number of benzene rings is 2. The number of fused-ring (bicyclic) bond motifs is 1. The van der Waals surface area contributed by atoms with Crippen molar-refractivity contribution < 1.29 is 9.13 Å². The van der Waals surface area contributed by atoms with Crippen LogP contribution in [0.5, 0.6) is 5.75 Å². The summed E-state index contributed by atoms with van der Waals surface area (Å²) in [5, 5.41) is 3.36. The fraction of sp³-hybridized carbons (Fsp3) is 0.200. The van der Waals surface area contributed by atoms with Gasteiger partial charge in [-0.1, -0.05) is 41.4 Å². The molecular weight excluding hydrogens is 300 g/mol. The molecule has 1 N–H and O–H groups in total. The number of anilines is 1. The Balaban J connectivity index is 1.89. The molecule has 0 fully saturated rings. The monoisotopic (exact) mass is 311 g/mol. The zero-order valence-corrected chi connectivity index (χ0v) is 12.0. The molecule has 0 spiro atoms. The van der Waals surface area contributed by atoms with E-state index in [2.05, 4.69) is 5.32 Å². The van der Waals surface area contributed by atoms with Gasteiger partial charge < -0.3 is 10.1 Å². The molecule has 0 aromatic heterocycles. The van der Waals surface area contributed by atoms with E-state index in [9.17, 15) is 4.39 Å². The van der Waals surface area contributed by atoms with Gasteiger partial charge in [0.15, 0.2) is 5.82 Å². The molecular formula is C15H12Cl2FNO. The standard InChI is InChI=1S/C15H12Cl2FNO/c16-11-7-9(8-12(17)15(11)18)19-13-5-6-20-14-4-2-1-3-10(13)14/h1-4,7-8,13,19H,5-6H2. The Labute approximate surface area is 126 Å². The smallest absolute Gasteiger partial charge is 0.160 e. The first-order valence-electron chi connectivity index (χ1n) is 6.28. The summed E-state index contributed by atoms with van der Waals surface area (Å²) in [7, 11) is 0. The van der Waals surface area contributed by atoms with Crippen LogP contribution >= 0.6 is 23.2 Å². The number of rotatable bonds is 2. The zero-order chi connectivity index (χ0) is 14.1. The van der Waals surface area contributed by atoms with Crippen LogP contribution in [0.3, 0.4) is 0 Å². The van der Waals surface area contributed by atoms with E-state index in [1.807, 2.05) is 24.3 Å². The van der Waals surface area contributed by atoms with E-state index in [4.69, 9.17) is 27.9 Å². The SMILES string of the molecule is Fc1c(Cl)cc(NC2CCOc3ccccc32)cc1Cl. The molecule has 2 aromatic carbocycles. The van der Waals surface area contributed by atoms with Gasteiger partial charge in [-0.25, -0.2) is 4.39 Å². The predicted octanol–water partition coefficient (Wildman–Crippen LogP) is 5.07. The van der Waals surface area contributed by atoms with E-state index in [0.29, 0.717) is 12.3 Å². The summed E-state index contributed by atoms with van der Waals surface area (Å²) in [6, 6.07) is 11.0. The lowest BCUT2D eigenvalue weighted by Crippen LogP contribution is -2.20. The number of nitrogens with one attached hydrogen (secondary N) is 1. The molecule has 1 aliphatic rings. The summed E-state index contributed by atoms with van der Waals surface area (Å²) >= 11 is 11.6. The van der Waals surface area contributed by atoms with Gasteiger partial charge in [0.2, 0.25) is 0 Å². The number of ether oxygens (including phenoxy) is 1. The van der Waals surface area contributed by atoms with Crippen LogP contribution in [0.4, 0.5) is 10.1 Å². The van der Waals surface area contributed by atoms with Crippen LogP contribution in [-0.4, -0.2) is 6.61 Å². The highest BCUT2D eigenvalue weighted by Crippen LogP contribution is 2.35. The van der Waals surface area contributed by atoms with Crippen molar-refractivity contribution in [3.05, 3.63) is 57.8 Å². The van der Waals surface area contributed by atoms with Crippen LogP contribution in [0.25, 0.3) is 0 Å². The van der Waals surface area contributed by atoms with Gasteiger partial charge in [0.1, 0.15) is 5.75 Å². The topological polar surface area (TPSA) is 21.3 Å². The van der Waals surface area contributed by atoms with Gasteiger partial charge in [0.05, 0.1) is 22.7 Å².